The Morgan fingerprint density at radius 3 is 2.40 bits per heavy atom. The van der Waals surface area contributed by atoms with Gasteiger partial charge in [0.05, 0.1) is 5.92 Å². The third kappa shape index (κ3) is 3.35. The van der Waals surface area contributed by atoms with E-state index in [2.05, 4.69) is 19.9 Å². The largest absolute Gasteiger partial charge is 0.281 e. The predicted molar refractivity (Wildman–Crippen MR) is 64.3 cm³/mol. The van der Waals surface area contributed by atoms with Gasteiger partial charge in [-0.05, 0) is 35.1 Å². The van der Waals surface area contributed by atoms with Crippen LogP contribution < -0.4 is 0 Å². The molecule has 0 bridgehead atoms. The van der Waals surface area contributed by atoms with Crippen molar-refractivity contribution in [1.82, 2.24) is 0 Å². The van der Waals surface area contributed by atoms with E-state index in [4.69, 9.17) is 11.6 Å². The van der Waals surface area contributed by atoms with Gasteiger partial charge in [-0.15, -0.1) is 0 Å². The smallest absolute Gasteiger partial charge is 0.228 e. The number of halogens is 1. The van der Waals surface area contributed by atoms with E-state index in [1.165, 1.54) is 5.56 Å². The molecule has 0 N–H and O–H groups in total. The highest BCUT2D eigenvalue weighted by atomic mass is 35.5. The second kappa shape index (κ2) is 5.32. The van der Waals surface area contributed by atoms with Gasteiger partial charge in [0.15, 0.2) is 0 Å². The summed E-state index contributed by atoms with van der Waals surface area (Å²) in [5, 5.41) is -0.286. The van der Waals surface area contributed by atoms with Crippen molar-refractivity contribution in [3.63, 3.8) is 0 Å². The Kier molecular flexibility index (Phi) is 4.34. The first-order valence-electron chi connectivity index (χ1n) is 5.29. The molecule has 0 fully saturated rings. The van der Waals surface area contributed by atoms with Gasteiger partial charge < -0.3 is 0 Å². The molecule has 0 spiro atoms. The SMILES string of the molecule is CC(C)Cc1ccccc1C(C)C(=O)Cl. The van der Waals surface area contributed by atoms with Crippen LogP contribution in [-0.2, 0) is 11.2 Å². The molecule has 1 aromatic rings. The fraction of sp³-hybridized carbons (Fsp3) is 0.462. The average Bonchev–Trinajstić information content (AvgIpc) is 2.16. The van der Waals surface area contributed by atoms with Crippen LogP contribution in [0.5, 0.6) is 0 Å². The molecule has 2 heteroatoms. The molecule has 0 saturated heterocycles. The van der Waals surface area contributed by atoms with E-state index >= 15 is 0 Å². The van der Waals surface area contributed by atoms with E-state index in [1.54, 1.807) is 0 Å². The minimum Gasteiger partial charge on any atom is -0.281 e. The number of hydrogen-bond donors (Lipinski definition) is 0. The highest BCUT2D eigenvalue weighted by Gasteiger charge is 2.16. The molecular formula is C13H17ClO. The van der Waals surface area contributed by atoms with Crippen molar-refractivity contribution in [3.05, 3.63) is 35.4 Å². The average molecular weight is 225 g/mol. The van der Waals surface area contributed by atoms with Gasteiger partial charge in [-0.25, -0.2) is 0 Å². The van der Waals surface area contributed by atoms with Crippen molar-refractivity contribution >= 4 is 16.8 Å². The van der Waals surface area contributed by atoms with Crippen LogP contribution in [-0.4, -0.2) is 5.24 Å². The van der Waals surface area contributed by atoms with Crippen LogP contribution in [0.2, 0.25) is 0 Å². The second-order valence-corrected chi connectivity index (χ2v) is 4.70. The highest BCUT2D eigenvalue weighted by molar-refractivity contribution is 6.64. The standard InChI is InChI=1S/C13H17ClO/c1-9(2)8-11-6-4-5-7-12(11)10(3)13(14)15/h4-7,9-10H,8H2,1-3H3. The Bertz CT molecular complexity index is 344. The van der Waals surface area contributed by atoms with Crippen LogP contribution in [0.25, 0.3) is 0 Å². The first-order valence-corrected chi connectivity index (χ1v) is 5.67. The van der Waals surface area contributed by atoms with E-state index in [-0.39, 0.29) is 11.2 Å². The maximum atomic E-state index is 11.1. The van der Waals surface area contributed by atoms with Crippen molar-refractivity contribution in [2.24, 2.45) is 5.92 Å². The van der Waals surface area contributed by atoms with Gasteiger partial charge >= 0.3 is 0 Å². The maximum Gasteiger partial charge on any atom is 0.228 e. The molecule has 0 amide bonds. The molecule has 0 radical (unpaired) electrons. The summed E-state index contributed by atoms with van der Waals surface area (Å²) in [4.78, 5) is 11.1. The third-order valence-electron chi connectivity index (χ3n) is 2.49. The Balaban J connectivity index is 3.00. The second-order valence-electron chi connectivity index (χ2n) is 4.32. The number of carbonyl (C=O) groups is 1. The van der Waals surface area contributed by atoms with Gasteiger partial charge in [0, 0.05) is 0 Å². The number of rotatable bonds is 4. The van der Waals surface area contributed by atoms with Crippen molar-refractivity contribution < 1.29 is 4.79 Å². The van der Waals surface area contributed by atoms with Gasteiger partial charge in [0.1, 0.15) is 0 Å². The van der Waals surface area contributed by atoms with E-state index < -0.39 is 0 Å². The van der Waals surface area contributed by atoms with Gasteiger partial charge in [-0.2, -0.15) is 0 Å². The summed E-state index contributed by atoms with van der Waals surface area (Å²) in [5.41, 5.74) is 2.29. The van der Waals surface area contributed by atoms with Crippen molar-refractivity contribution in [3.8, 4) is 0 Å². The summed E-state index contributed by atoms with van der Waals surface area (Å²) >= 11 is 5.53. The fourth-order valence-electron chi connectivity index (χ4n) is 1.70. The molecule has 1 aromatic carbocycles. The lowest BCUT2D eigenvalue weighted by Crippen LogP contribution is -2.07. The van der Waals surface area contributed by atoms with Gasteiger partial charge in [0.2, 0.25) is 5.24 Å². The first-order chi connectivity index (χ1) is 7.02. The third-order valence-corrected chi connectivity index (χ3v) is 2.82. The van der Waals surface area contributed by atoms with Crippen LogP contribution in [0.1, 0.15) is 37.8 Å². The van der Waals surface area contributed by atoms with Gasteiger partial charge in [-0.3, -0.25) is 4.79 Å². The lowest BCUT2D eigenvalue weighted by atomic mass is 9.91. The molecule has 1 rings (SSSR count). The molecule has 1 nitrogen and oxygen atoms in total. The summed E-state index contributed by atoms with van der Waals surface area (Å²) in [7, 11) is 0. The van der Waals surface area contributed by atoms with Crippen LogP contribution in [0.15, 0.2) is 24.3 Å². The van der Waals surface area contributed by atoms with E-state index in [0.29, 0.717) is 5.92 Å². The normalized spacial score (nSPS) is 12.9. The minimum atomic E-state index is -0.286. The number of hydrogen-bond acceptors (Lipinski definition) is 1. The summed E-state index contributed by atoms with van der Waals surface area (Å²) < 4.78 is 0. The molecule has 1 atom stereocenters. The van der Waals surface area contributed by atoms with E-state index in [1.807, 2.05) is 25.1 Å². The van der Waals surface area contributed by atoms with Crippen LogP contribution >= 0.6 is 11.6 Å². The van der Waals surface area contributed by atoms with Crippen molar-refractivity contribution in [2.75, 3.05) is 0 Å². The van der Waals surface area contributed by atoms with Gasteiger partial charge in [0.25, 0.3) is 0 Å². The monoisotopic (exact) mass is 224 g/mol. The lowest BCUT2D eigenvalue weighted by Gasteiger charge is -2.14. The Hall–Kier alpha value is -0.820. The highest BCUT2D eigenvalue weighted by Crippen LogP contribution is 2.24. The zero-order chi connectivity index (χ0) is 11.4. The summed E-state index contributed by atoms with van der Waals surface area (Å²) in [6.07, 6.45) is 0.991. The Morgan fingerprint density at radius 1 is 1.27 bits per heavy atom. The Labute approximate surface area is 96.5 Å². The van der Waals surface area contributed by atoms with Crippen LogP contribution in [0.4, 0.5) is 0 Å². The van der Waals surface area contributed by atoms with Crippen molar-refractivity contribution in [1.29, 1.82) is 0 Å². The lowest BCUT2D eigenvalue weighted by molar-refractivity contribution is -0.112. The molecule has 82 valence electrons. The molecular weight excluding hydrogens is 208 g/mol. The first kappa shape index (κ1) is 12.3. The Morgan fingerprint density at radius 2 is 1.87 bits per heavy atom. The predicted octanol–water partition coefficient (Wildman–Crippen LogP) is 3.75. The minimum absolute atomic E-state index is 0.207. The van der Waals surface area contributed by atoms with E-state index in [0.717, 1.165) is 12.0 Å². The molecule has 0 aliphatic rings. The molecule has 0 aromatic heterocycles. The number of benzene rings is 1. The topological polar surface area (TPSA) is 17.1 Å². The zero-order valence-corrected chi connectivity index (χ0v) is 10.2. The zero-order valence-electron chi connectivity index (χ0n) is 9.46. The number of carbonyl (C=O) groups excluding carboxylic acids is 1. The van der Waals surface area contributed by atoms with Crippen LogP contribution in [0.3, 0.4) is 0 Å². The molecule has 0 aliphatic carbocycles. The molecule has 15 heavy (non-hydrogen) atoms. The maximum absolute atomic E-state index is 11.1. The fourth-order valence-corrected chi connectivity index (χ4v) is 1.82. The van der Waals surface area contributed by atoms with E-state index in [9.17, 15) is 4.79 Å². The van der Waals surface area contributed by atoms with Crippen LogP contribution in [0, 0.1) is 5.92 Å². The molecule has 0 saturated carbocycles. The molecule has 0 heterocycles. The summed E-state index contributed by atoms with van der Waals surface area (Å²) in [6.45, 7) is 6.20. The van der Waals surface area contributed by atoms with Gasteiger partial charge in [-0.1, -0.05) is 45.0 Å². The van der Waals surface area contributed by atoms with Crippen molar-refractivity contribution in [2.45, 2.75) is 33.1 Å². The quantitative estimate of drug-likeness (QED) is 0.712. The molecule has 1 unspecified atom stereocenters. The molecule has 0 aliphatic heterocycles. The summed E-state index contributed by atoms with van der Waals surface area (Å²) in [5.74, 6) is 0.380. The summed E-state index contributed by atoms with van der Waals surface area (Å²) in [6, 6.07) is 8.02.